The zero-order chi connectivity index (χ0) is 21.0. The molecule has 0 radical (unpaired) electrons. The van der Waals surface area contributed by atoms with E-state index in [2.05, 4.69) is 15.8 Å². The van der Waals surface area contributed by atoms with Gasteiger partial charge in [0.2, 0.25) is 11.8 Å². The van der Waals surface area contributed by atoms with E-state index in [0.717, 1.165) is 16.9 Å². The number of anilines is 1. The van der Waals surface area contributed by atoms with Crippen molar-refractivity contribution in [1.29, 1.82) is 0 Å². The number of nitrogens with zero attached hydrogens (tertiary/aromatic N) is 1. The minimum absolute atomic E-state index is 0.0578. The van der Waals surface area contributed by atoms with Crippen LogP contribution in [0.15, 0.2) is 90.0 Å². The van der Waals surface area contributed by atoms with Crippen molar-refractivity contribution < 1.29 is 14.3 Å². The molecule has 152 valence electrons. The Balaban J connectivity index is 1.37. The molecule has 2 N–H and O–H groups in total. The van der Waals surface area contributed by atoms with Gasteiger partial charge >= 0.3 is 0 Å². The number of rotatable bonds is 9. The van der Waals surface area contributed by atoms with E-state index in [-0.39, 0.29) is 24.7 Å². The van der Waals surface area contributed by atoms with Gasteiger partial charge in [-0.15, -0.1) is 0 Å². The van der Waals surface area contributed by atoms with Gasteiger partial charge in [-0.1, -0.05) is 48.5 Å². The first-order chi connectivity index (χ1) is 14.7. The van der Waals surface area contributed by atoms with Crippen molar-refractivity contribution in [3.63, 3.8) is 0 Å². The van der Waals surface area contributed by atoms with Crippen molar-refractivity contribution in [3.05, 3.63) is 96.1 Å². The van der Waals surface area contributed by atoms with Crippen LogP contribution < -0.4 is 15.5 Å². The second-order valence-electron chi connectivity index (χ2n) is 6.55. The van der Waals surface area contributed by atoms with E-state index in [1.54, 1.807) is 18.3 Å². The quantitative estimate of drug-likeness (QED) is 0.418. The molecule has 0 saturated heterocycles. The Kier molecular flexibility index (Phi) is 7.74. The van der Waals surface area contributed by atoms with E-state index in [0.29, 0.717) is 12.3 Å². The summed E-state index contributed by atoms with van der Waals surface area (Å²) >= 11 is 0. The van der Waals surface area contributed by atoms with Gasteiger partial charge < -0.3 is 10.1 Å². The lowest BCUT2D eigenvalue weighted by atomic mass is 10.2. The summed E-state index contributed by atoms with van der Waals surface area (Å²) in [6.45, 7) is 0.502. The first-order valence-corrected chi connectivity index (χ1v) is 9.62. The molecule has 0 aliphatic heterocycles. The summed E-state index contributed by atoms with van der Waals surface area (Å²) in [7, 11) is 0. The summed E-state index contributed by atoms with van der Waals surface area (Å²) in [5.74, 6) is 0.216. The number of carbonyl (C=O) groups is 2. The third kappa shape index (κ3) is 7.24. The zero-order valence-electron chi connectivity index (χ0n) is 16.5. The number of hydrogen-bond donors (Lipinski definition) is 2. The van der Waals surface area contributed by atoms with Gasteiger partial charge in [-0.3, -0.25) is 9.59 Å². The molecule has 0 atom stereocenters. The van der Waals surface area contributed by atoms with Crippen molar-refractivity contribution in [1.82, 2.24) is 5.43 Å². The molecular weight excluding hydrogens is 378 g/mol. The number of nitrogens with one attached hydrogen (secondary N) is 2. The molecule has 0 spiro atoms. The van der Waals surface area contributed by atoms with Gasteiger partial charge in [0.05, 0.1) is 6.21 Å². The number of hydrazone groups is 1. The molecule has 0 aliphatic carbocycles. The molecular formula is C24H23N3O3. The molecule has 0 aliphatic rings. The van der Waals surface area contributed by atoms with E-state index >= 15 is 0 Å². The maximum absolute atomic E-state index is 11.8. The highest BCUT2D eigenvalue weighted by Gasteiger charge is 2.06. The van der Waals surface area contributed by atoms with Crippen LogP contribution in [-0.4, -0.2) is 18.0 Å². The van der Waals surface area contributed by atoms with E-state index in [1.807, 2.05) is 72.8 Å². The number of hydrogen-bond acceptors (Lipinski definition) is 4. The Morgan fingerprint density at radius 3 is 2.13 bits per heavy atom. The Hall–Kier alpha value is -3.93. The van der Waals surface area contributed by atoms with Gasteiger partial charge in [0.15, 0.2) is 0 Å². The summed E-state index contributed by atoms with van der Waals surface area (Å²) in [5, 5.41) is 6.67. The van der Waals surface area contributed by atoms with E-state index in [4.69, 9.17) is 4.74 Å². The van der Waals surface area contributed by atoms with Crippen LogP contribution in [0.1, 0.15) is 24.0 Å². The largest absolute Gasteiger partial charge is 0.489 e. The zero-order valence-corrected chi connectivity index (χ0v) is 16.5. The minimum Gasteiger partial charge on any atom is -0.489 e. The van der Waals surface area contributed by atoms with Crippen LogP contribution in [0.25, 0.3) is 0 Å². The Labute approximate surface area is 175 Å². The molecule has 6 heteroatoms. The highest BCUT2D eigenvalue weighted by atomic mass is 16.5. The normalized spacial score (nSPS) is 10.5. The highest BCUT2D eigenvalue weighted by Crippen LogP contribution is 2.13. The van der Waals surface area contributed by atoms with Gasteiger partial charge in [-0.2, -0.15) is 5.10 Å². The number of para-hydroxylation sites is 1. The fourth-order valence-corrected chi connectivity index (χ4v) is 2.60. The molecule has 0 bridgehead atoms. The van der Waals surface area contributed by atoms with Crippen LogP contribution >= 0.6 is 0 Å². The first kappa shape index (κ1) is 20.8. The molecule has 30 heavy (non-hydrogen) atoms. The standard InChI is InChI=1S/C24H23N3O3/c28-23(26-21-9-5-2-6-10-21)15-16-24(29)27-25-17-19-11-13-22(14-12-19)30-18-20-7-3-1-4-8-20/h1-14,17H,15-16,18H2,(H,26,28)(H,27,29)/b25-17-. The third-order valence-electron chi connectivity index (χ3n) is 4.17. The molecule has 0 heterocycles. The molecule has 3 aromatic rings. The van der Waals surface area contributed by atoms with Gasteiger partial charge in [-0.05, 0) is 47.5 Å². The Morgan fingerprint density at radius 1 is 0.800 bits per heavy atom. The van der Waals surface area contributed by atoms with Gasteiger partial charge in [0, 0.05) is 18.5 Å². The predicted molar refractivity (Wildman–Crippen MR) is 117 cm³/mol. The maximum atomic E-state index is 11.8. The summed E-state index contributed by atoms with van der Waals surface area (Å²) in [6, 6.07) is 26.4. The van der Waals surface area contributed by atoms with E-state index in [1.165, 1.54) is 0 Å². The third-order valence-corrected chi connectivity index (χ3v) is 4.17. The second kappa shape index (κ2) is 11.2. The minimum atomic E-state index is -0.322. The maximum Gasteiger partial charge on any atom is 0.240 e. The van der Waals surface area contributed by atoms with Gasteiger partial charge in [0.25, 0.3) is 0 Å². The van der Waals surface area contributed by atoms with Gasteiger partial charge in [-0.25, -0.2) is 5.43 Å². The SMILES string of the molecule is O=C(CCC(=O)Nc1ccccc1)N/N=C\c1ccc(OCc2ccccc2)cc1. The molecule has 2 amide bonds. The van der Waals surface area contributed by atoms with Crippen molar-refractivity contribution in [3.8, 4) is 5.75 Å². The van der Waals surface area contributed by atoms with Crippen LogP contribution in [-0.2, 0) is 16.2 Å². The van der Waals surface area contributed by atoms with Crippen LogP contribution in [0.4, 0.5) is 5.69 Å². The summed E-state index contributed by atoms with van der Waals surface area (Å²) < 4.78 is 5.73. The number of carbonyl (C=O) groups excluding carboxylic acids is 2. The molecule has 0 unspecified atom stereocenters. The summed E-state index contributed by atoms with van der Waals surface area (Å²) in [5.41, 5.74) is 5.06. The van der Waals surface area contributed by atoms with Crippen molar-refractivity contribution >= 4 is 23.7 Å². The smallest absolute Gasteiger partial charge is 0.240 e. The van der Waals surface area contributed by atoms with Crippen molar-refractivity contribution in [2.45, 2.75) is 19.4 Å². The topological polar surface area (TPSA) is 79.8 Å². The lowest BCUT2D eigenvalue weighted by molar-refractivity contribution is -0.124. The van der Waals surface area contributed by atoms with Crippen molar-refractivity contribution in [2.24, 2.45) is 5.10 Å². The fraction of sp³-hybridized carbons (Fsp3) is 0.125. The summed E-state index contributed by atoms with van der Waals surface area (Å²) in [4.78, 5) is 23.7. The molecule has 0 aromatic heterocycles. The predicted octanol–water partition coefficient (Wildman–Crippen LogP) is 4.13. The number of benzene rings is 3. The lowest BCUT2D eigenvalue weighted by Crippen LogP contribution is -2.20. The summed E-state index contributed by atoms with van der Waals surface area (Å²) in [6.07, 6.45) is 1.69. The highest BCUT2D eigenvalue weighted by molar-refractivity contribution is 5.93. The van der Waals surface area contributed by atoms with Gasteiger partial charge in [0.1, 0.15) is 12.4 Å². The number of amides is 2. The lowest BCUT2D eigenvalue weighted by Gasteiger charge is -2.06. The van der Waals surface area contributed by atoms with Crippen molar-refractivity contribution in [2.75, 3.05) is 5.32 Å². The fourth-order valence-electron chi connectivity index (χ4n) is 2.60. The Morgan fingerprint density at radius 2 is 1.43 bits per heavy atom. The second-order valence-corrected chi connectivity index (χ2v) is 6.55. The van der Waals surface area contributed by atoms with Crippen LogP contribution in [0, 0.1) is 0 Å². The average Bonchev–Trinajstić information content (AvgIpc) is 2.78. The first-order valence-electron chi connectivity index (χ1n) is 9.62. The van der Waals surface area contributed by atoms with Crippen LogP contribution in [0.2, 0.25) is 0 Å². The monoisotopic (exact) mass is 401 g/mol. The molecule has 3 aromatic carbocycles. The van der Waals surface area contributed by atoms with Crippen LogP contribution in [0.5, 0.6) is 5.75 Å². The van der Waals surface area contributed by atoms with E-state index in [9.17, 15) is 9.59 Å². The molecule has 3 rings (SSSR count). The van der Waals surface area contributed by atoms with Crippen LogP contribution in [0.3, 0.4) is 0 Å². The molecule has 0 saturated carbocycles. The van der Waals surface area contributed by atoms with E-state index < -0.39 is 0 Å². The number of ether oxygens (including phenoxy) is 1. The average molecular weight is 401 g/mol. The molecule has 6 nitrogen and oxygen atoms in total. The molecule has 0 fully saturated rings. The Bertz CT molecular complexity index is 972.